The number of anilines is 1. The van der Waals surface area contributed by atoms with Gasteiger partial charge in [0.1, 0.15) is 0 Å². The van der Waals surface area contributed by atoms with Gasteiger partial charge in [-0.15, -0.1) is 0 Å². The summed E-state index contributed by atoms with van der Waals surface area (Å²) in [6, 6.07) is 28.4. The minimum absolute atomic E-state index is 0.142. The lowest BCUT2D eigenvalue weighted by molar-refractivity contribution is 0.703. The summed E-state index contributed by atoms with van der Waals surface area (Å²) in [5.41, 5.74) is 11.4. The predicted molar refractivity (Wildman–Crippen MR) is 124 cm³/mol. The van der Waals surface area contributed by atoms with Gasteiger partial charge in [-0.05, 0) is 52.3 Å². The van der Waals surface area contributed by atoms with Crippen molar-refractivity contribution in [2.75, 3.05) is 5.01 Å². The van der Waals surface area contributed by atoms with Gasteiger partial charge in [-0.2, -0.15) is 0 Å². The fraction of sp³-hybridized carbons (Fsp3) is 0.259. The van der Waals surface area contributed by atoms with Crippen molar-refractivity contribution in [1.82, 2.24) is 5.43 Å². The van der Waals surface area contributed by atoms with E-state index in [4.69, 9.17) is 0 Å². The molecule has 3 aromatic rings. The first-order valence-electron chi connectivity index (χ1n) is 10.6. The second-order valence-electron chi connectivity index (χ2n) is 8.41. The van der Waals surface area contributed by atoms with Crippen LogP contribution in [0.15, 0.2) is 84.9 Å². The standard InChI is InChI=1S/C27H30N2/c1-19(2)22-15-16-24(20(3)4)25(17-22)27-18-26(21-11-7-5-8-12-21)28-29(27)23-13-9-6-10-14-23/h5-20,27-28H,1-4H3. The number of para-hydroxylation sites is 1. The maximum atomic E-state index is 3.68. The summed E-state index contributed by atoms with van der Waals surface area (Å²) in [4.78, 5) is 0. The van der Waals surface area contributed by atoms with Crippen LogP contribution in [0.3, 0.4) is 0 Å². The molecule has 0 amide bonds. The van der Waals surface area contributed by atoms with Crippen LogP contribution in [0.4, 0.5) is 5.69 Å². The SMILES string of the molecule is CC(C)c1ccc(C(C)C)c(C2C=C(c3ccccc3)NN2c2ccccc2)c1. The highest BCUT2D eigenvalue weighted by atomic mass is 15.5. The Hall–Kier alpha value is -3.00. The summed E-state index contributed by atoms with van der Waals surface area (Å²) < 4.78 is 0. The van der Waals surface area contributed by atoms with Gasteiger partial charge in [0.25, 0.3) is 0 Å². The monoisotopic (exact) mass is 382 g/mol. The van der Waals surface area contributed by atoms with Crippen molar-refractivity contribution < 1.29 is 0 Å². The zero-order valence-corrected chi connectivity index (χ0v) is 17.8. The summed E-state index contributed by atoms with van der Waals surface area (Å²) in [5, 5.41) is 2.30. The molecule has 0 fully saturated rings. The molecular weight excluding hydrogens is 352 g/mol. The van der Waals surface area contributed by atoms with E-state index in [1.54, 1.807) is 0 Å². The first-order chi connectivity index (χ1) is 14.0. The second kappa shape index (κ2) is 8.16. The Kier molecular flexibility index (Phi) is 5.44. The van der Waals surface area contributed by atoms with Gasteiger partial charge in [0.05, 0.1) is 17.4 Å². The molecule has 0 saturated carbocycles. The fourth-order valence-corrected chi connectivity index (χ4v) is 4.02. The molecular formula is C27H30N2. The summed E-state index contributed by atoms with van der Waals surface area (Å²) >= 11 is 0. The fourth-order valence-electron chi connectivity index (χ4n) is 4.02. The highest BCUT2D eigenvalue weighted by Gasteiger charge is 2.29. The average molecular weight is 383 g/mol. The van der Waals surface area contributed by atoms with Gasteiger partial charge in [-0.3, -0.25) is 10.4 Å². The van der Waals surface area contributed by atoms with Crippen molar-refractivity contribution in [2.24, 2.45) is 0 Å². The molecule has 0 aliphatic carbocycles. The van der Waals surface area contributed by atoms with E-state index >= 15 is 0 Å². The van der Waals surface area contributed by atoms with Gasteiger partial charge in [0.15, 0.2) is 0 Å². The van der Waals surface area contributed by atoms with E-state index in [0.717, 1.165) is 5.70 Å². The van der Waals surface area contributed by atoms with Crippen LogP contribution in [0.2, 0.25) is 0 Å². The molecule has 1 atom stereocenters. The van der Waals surface area contributed by atoms with E-state index in [2.05, 4.69) is 123 Å². The molecule has 4 rings (SSSR count). The van der Waals surface area contributed by atoms with Crippen LogP contribution >= 0.6 is 0 Å². The molecule has 1 heterocycles. The number of nitrogens with one attached hydrogen (secondary N) is 1. The molecule has 3 aromatic carbocycles. The van der Waals surface area contributed by atoms with E-state index in [0.29, 0.717) is 11.8 Å². The lowest BCUT2D eigenvalue weighted by Gasteiger charge is -2.30. The molecule has 1 unspecified atom stereocenters. The number of rotatable bonds is 5. The Bertz CT molecular complexity index is 988. The molecule has 0 spiro atoms. The maximum absolute atomic E-state index is 3.68. The van der Waals surface area contributed by atoms with Gasteiger partial charge in [-0.25, -0.2) is 0 Å². The smallest absolute Gasteiger partial charge is 0.0961 e. The van der Waals surface area contributed by atoms with Crippen molar-refractivity contribution in [3.8, 4) is 0 Å². The number of hydrazine groups is 1. The van der Waals surface area contributed by atoms with Crippen molar-refractivity contribution in [3.05, 3.63) is 107 Å². The molecule has 0 radical (unpaired) electrons. The van der Waals surface area contributed by atoms with Crippen LogP contribution in [-0.2, 0) is 0 Å². The zero-order valence-electron chi connectivity index (χ0n) is 17.8. The Labute approximate surface area is 174 Å². The molecule has 0 bridgehead atoms. The molecule has 0 aromatic heterocycles. The first-order valence-corrected chi connectivity index (χ1v) is 10.6. The minimum atomic E-state index is 0.142. The van der Waals surface area contributed by atoms with Crippen molar-refractivity contribution >= 4 is 11.4 Å². The van der Waals surface area contributed by atoms with E-state index < -0.39 is 0 Å². The van der Waals surface area contributed by atoms with Crippen LogP contribution in [0, 0.1) is 0 Å². The topological polar surface area (TPSA) is 15.3 Å². The number of hydrogen-bond acceptors (Lipinski definition) is 2. The molecule has 148 valence electrons. The van der Waals surface area contributed by atoms with Gasteiger partial charge in [0, 0.05) is 0 Å². The Morgan fingerprint density at radius 2 is 1.41 bits per heavy atom. The third kappa shape index (κ3) is 3.93. The van der Waals surface area contributed by atoms with Gasteiger partial charge in [0.2, 0.25) is 0 Å². The average Bonchev–Trinajstić information content (AvgIpc) is 3.20. The molecule has 0 saturated heterocycles. The largest absolute Gasteiger partial charge is 0.297 e. The van der Waals surface area contributed by atoms with Gasteiger partial charge < -0.3 is 0 Å². The number of hydrogen-bond donors (Lipinski definition) is 1. The van der Waals surface area contributed by atoms with E-state index in [-0.39, 0.29) is 6.04 Å². The van der Waals surface area contributed by atoms with Crippen LogP contribution in [0.5, 0.6) is 0 Å². The first kappa shape index (κ1) is 19.3. The molecule has 2 heteroatoms. The van der Waals surface area contributed by atoms with Crippen LogP contribution in [0.1, 0.15) is 67.8 Å². The number of benzene rings is 3. The van der Waals surface area contributed by atoms with Crippen molar-refractivity contribution in [2.45, 2.75) is 45.6 Å². The normalized spacial score (nSPS) is 16.3. The van der Waals surface area contributed by atoms with Crippen LogP contribution in [0.25, 0.3) is 5.70 Å². The van der Waals surface area contributed by atoms with E-state index in [1.165, 1.54) is 27.9 Å². The maximum Gasteiger partial charge on any atom is 0.0961 e. The van der Waals surface area contributed by atoms with Crippen LogP contribution < -0.4 is 10.4 Å². The third-order valence-corrected chi connectivity index (χ3v) is 5.68. The van der Waals surface area contributed by atoms with Crippen molar-refractivity contribution in [3.63, 3.8) is 0 Å². The highest BCUT2D eigenvalue weighted by molar-refractivity contribution is 5.72. The summed E-state index contributed by atoms with van der Waals surface area (Å²) in [7, 11) is 0. The Morgan fingerprint density at radius 1 is 0.759 bits per heavy atom. The third-order valence-electron chi connectivity index (χ3n) is 5.68. The van der Waals surface area contributed by atoms with E-state index in [9.17, 15) is 0 Å². The summed E-state index contributed by atoms with van der Waals surface area (Å²) in [6.45, 7) is 9.10. The molecule has 1 N–H and O–H groups in total. The Balaban J connectivity index is 1.85. The summed E-state index contributed by atoms with van der Waals surface area (Å²) in [6.07, 6.45) is 2.37. The predicted octanol–water partition coefficient (Wildman–Crippen LogP) is 7.04. The molecule has 1 aliphatic rings. The highest BCUT2D eigenvalue weighted by Crippen LogP contribution is 2.39. The number of nitrogens with zero attached hydrogens (tertiary/aromatic N) is 1. The molecule has 2 nitrogen and oxygen atoms in total. The van der Waals surface area contributed by atoms with Crippen molar-refractivity contribution in [1.29, 1.82) is 0 Å². The van der Waals surface area contributed by atoms with Crippen LogP contribution in [-0.4, -0.2) is 0 Å². The zero-order chi connectivity index (χ0) is 20.4. The summed E-state index contributed by atoms with van der Waals surface area (Å²) in [5.74, 6) is 0.977. The quantitative estimate of drug-likeness (QED) is 0.509. The second-order valence-corrected chi connectivity index (χ2v) is 8.41. The lowest BCUT2D eigenvalue weighted by Crippen LogP contribution is -2.34. The molecule has 1 aliphatic heterocycles. The lowest BCUT2D eigenvalue weighted by atomic mass is 9.88. The van der Waals surface area contributed by atoms with Gasteiger partial charge in [-0.1, -0.05) is 94.4 Å². The van der Waals surface area contributed by atoms with E-state index in [1.807, 2.05) is 0 Å². The molecule has 29 heavy (non-hydrogen) atoms. The minimum Gasteiger partial charge on any atom is -0.297 e. The van der Waals surface area contributed by atoms with Gasteiger partial charge >= 0.3 is 0 Å². The Morgan fingerprint density at radius 3 is 2.03 bits per heavy atom.